The van der Waals surface area contributed by atoms with Gasteiger partial charge in [0.1, 0.15) is 0 Å². The van der Waals surface area contributed by atoms with E-state index in [1.807, 2.05) is 0 Å². The first-order valence-corrected chi connectivity index (χ1v) is 7.35. The number of amides is 2. The first kappa shape index (κ1) is 18.5. The Morgan fingerprint density at radius 3 is 1.92 bits per heavy atom. The number of carbonyl (C=O) groups excluding carboxylic acids is 2. The molecule has 0 spiro atoms. The van der Waals surface area contributed by atoms with Crippen LogP contribution in [0.4, 0.5) is 24.5 Å². The average Bonchev–Trinajstić information content (AvgIpc) is 2.55. The van der Waals surface area contributed by atoms with E-state index < -0.39 is 18.0 Å². The Morgan fingerprint density at radius 1 is 0.880 bits per heavy atom. The lowest BCUT2D eigenvalue weighted by Crippen LogP contribution is -2.29. The summed E-state index contributed by atoms with van der Waals surface area (Å²) in [7, 11) is 0. The highest BCUT2D eigenvalue weighted by Crippen LogP contribution is 2.19. The molecule has 2 aromatic carbocycles. The first-order valence-electron chi connectivity index (χ1n) is 6.97. The Kier molecular flexibility index (Phi) is 5.82. The summed E-state index contributed by atoms with van der Waals surface area (Å²) >= 11 is 5.76. The molecule has 8 heteroatoms. The minimum atomic E-state index is -4.96. The van der Waals surface area contributed by atoms with Gasteiger partial charge in [0.05, 0.1) is 0 Å². The summed E-state index contributed by atoms with van der Waals surface area (Å²) in [6.07, 6.45) is -2.06. The summed E-state index contributed by atoms with van der Waals surface area (Å²) in [4.78, 5) is 22.6. The highest BCUT2D eigenvalue weighted by atomic mass is 35.5. The summed E-state index contributed by atoms with van der Waals surface area (Å²) in [6.45, 7) is 0. The molecule has 4 nitrogen and oxygen atoms in total. The van der Waals surface area contributed by atoms with Crippen LogP contribution in [-0.4, -0.2) is 18.0 Å². The largest absolute Gasteiger partial charge is 0.471 e. The number of alkyl halides is 3. The molecule has 0 radical (unpaired) electrons. The summed E-state index contributed by atoms with van der Waals surface area (Å²) in [5.74, 6) is -2.47. The molecule has 0 aliphatic heterocycles. The van der Waals surface area contributed by atoms with Gasteiger partial charge in [0.25, 0.3) is 0 Å². The summed E-state index contributed by atoms with van der Waals surface area (Å²) in [5, 5.41) is 4.84. The molecule has 0 saturated carbocycles. The quantitative estimate of drug-likeness (QED) is 0.781. The first-order chi connectivity index (χ1) is 11.7. The number of hydrogen-bond donors (Lipinski definition) is 2. The number of anilines is 2. The molecule has 0 bridgehead atoms. The molecule has 2 rings (SSSR count). The van der Waals surface area contributed by atoms with Crippen molar-refractivity contribution in [2.45, 2.75) is 6.18 Å². The number of rotatable bonds is 4. The van der Waals surface area contributed by atoms with Crippen LogP contribution in [0.5, 0.6) is 0 Å². The molecule has 0 aromatic heterocycles. The molecule has 2 N–H and O–H groups in total. The van der Waals surface area contributed by atoms with Crippen LogP contribution >= 0.6 is 11.6 Å². The van der Waals surface area contributed by atoms with Crippen LogP contribution in [0.1, 0.15) is 5.56 Å². The van der Waals surface area contributed by atoms with E-state index in [4.69, 9.17) is 11.6 Å². The number of nitrogens with one attached hydrogen (secondary N) is 2. The van der Waals surface area contributed by atoms with E-state index in [0.717, 1.165) is 5.56 Å². The highest BCUT2D eigenvalue weighted by molar-refractivity contribution is 6.30. The smallest absolute Gasteiger partial charge is 0.323 e. The van der Waals surface area contributed by atoms with E-state index in [1.165, 1.54) is 30.3 Å². The Labute approximate surface area is 146 Å². The SMILES string of the molecule is O=C(/C=C/c1ccc(Cl)cc1)Nc1ccc(NC(=O)C(F)(F)F)cc1. The molecular formula is C17H12ClF3N2O2. The van der Waals surface area contributed by atoms with Crippen LogP contribution in [0.3, 0.4) is 0 Å². The van der Waals surface area contributed by atoms with Gasteiger partial charge in [-0.25, -0.2) is 0 Å². The molecule has 130 valence electrons. The van der Waals surface area contributed by atoms with Gasteiger partial charge in [0, 0.05) is 22.5 Å². The second kappa shape index (κ2) is 7.85. The van der Waals surface area contributed by atoms with Crippen molar-refractivity contribution in [2.75, 3.05) is 10.6 Å². The highest BCUT2D eigenvalue weighted by Gasteiger charge is 2.38. The lowest BCUT2D eigenvalue weighted by molar-refractivity contribution is -0.167. The van der Waals surface area contributed by atoms with Crippen LogP contribution in [0.25, 0.3) is 6.08 Å². The topological polar surface area (TPSA) is 58.2 Å². The second-order valence-electron chi connectivity index (χ2n) is 4.90. The van der Waals surface area contributed by atoms with E-state index in [9.17, 15) is 22.8 Å². The van der Waals surface area contributed by atoms with Gasteiger partial charge in [-0.05, 0) is 48.0 Å². The lowest BCUT2D eigenvalue weighted by atomic mass is 10.2. The molecule has 2 amide bonds. The van der Waals surface area contributed by atoms with Crippen LogP contribution in [0.15, 0.2) is 54.6 Å². The number of carbonyl (C=O) groups is 2. The zero-order valence-electron chi connectivity index (χ0n) is 12.6. The molecule has 0 heterocycles. The maximum absolute atomic E-state index is 12.1. The van der Waals surface area contributed by atoms with Crippen molar-refractivity contribution >= 4 is 40.9 Å². The van der Waals surface area contributed by atoms with Crippen molar-refractivity contribution in [1.82, 2.24) is 0 Å². The van der Waals surface area contributed by atoms with Crippen molar-refractivity contribution in [3.8, 4) is 0 Å². The number of halogens is 4. The molecular weight excluding hydrogens is 357 g/mol. The standard InChI is InChI=1S/C17H12ClF3N2O2/c18-12-4-1-11(2-5-12)3-10-15(24)22-13-6-8-14(9-7-13)23-16(25)17(19,20)21/h1-10H,(H,22,24)(H,23,25)/b10-3+. The fourth-order valence-electron chi connectivity index (χ4n) is 1.77. The van der Waals surface area contributed by atoms with E-state index in [1.54, 1.807) is 35.7 Å². The van der Waals surface area contributed by atoms with E-state index in [0.29, 0.717) is 10.7 Å². The summed E-state index contributed by atoms with van der Waals surface area (Å²) < 4.78 is 36.4. The van der Waals surface area contributed by atoms with Crippen molar-refractivity contribution in [3.63, 3.8) is 0 Å². The minimum Gasteiger partial charge on any atom is -0.323 e. The van der Waals surface area contributed by atoms with E-state index in [-0.39, 0.29) is 5.69 Å². The maximum atomic E-state index is 12.1. The summed E-state index contributed by atoms with van der Waals surface area (Å²) in [6, 6.07) is 12.1. The predicted molar refractivity (Wildman–Crippen MR) is 90.2 cm³/mol. The van der Waals surface area contributed by atoms with Gasteiger partial charge < -0.3 is 10.6 Å². The third-order valence-electron chi connectivity index (χ3n) is 2.96. The molecule has 0 aliphatic carbocycles. The second-order valence-corrected chi connectivity index (χ2v) is 5.34. The van der Waals surface area contributed by atoms with E-state index in [2.05, 4.69) is 5.32 Å². The Balaban J connectivity index is 1.93. The van der Waals surface area contributed by atoms with Gasteiger partial charge in [0.15, 0.2) is 0 Å². The molecule has 0 fully saturated rings. The monoisotopic (exact) mass is 368 g/mol. The van der Waals surface area contributed by atoms with Crippen LogP contribution in [0.2, 0.25) is 5.02 Å². The molecule has 0 unspecified atom stereocenters. The fraction of sp³-hybridized carbons (Fsp3) is 0.0588. The van der Waals surface area contributed by atoms with Crippen molar-refractivity contribution in [3.05, 3.63) is 65.2 Å². The van der Waals surface area contributed by atoms with E-state index >= 15 is 0 Å². The molecule has 2 aromatic rings. The van der Waals surface area contributed by atoms with Crippen molar-refractivity contribution < 1.29 is 22.8 Å². The fourth-order valence-corrected chi connectivity index (χ4v) is 1.89. The van der Waals surface area contributed by atoms with Crippen LogP contribution in [0, 0.1) is 0 Å². The van der Waals surface area contributed by atoms with Crippen molar-refractivity contribution in [2.24, 2.45) is 0 Å². The number of benzene rings is 2. The van der Waals surface area contributed by atoms with Crippen molar-refractivity contribution in [1.29, 1.82) is 0 Å². The Morgan fingerprint density at radius 2 is 1.40 bits per heavy atom. The molecule has 0 atom stereocenters. The van der Waals surface area contributed by atoms with Gasteiger partial charge in [-0.2, -0.15) is 13.2 Å². The third kappa shape index (κ3) is 5.96. The lowest BCUT2D eigenvalue weighted by Gasteiger charge is -2.08. The maximum Gasteiger partial charge on any atom is 0.471 e. The predicted octanol–water partition coefficient (Wildman–Crippen LogP) is 4.49. The van der Waals surface area contributed by atoms with Crippen LogP contribution in [-0.2, 0) is 9.59 Å². The van der Waals surface area contributed by atoms with Gasteiger partial charge in [0.2, 0.25) is 5.91 Å². The number of hydrogen-bond acceptors (Lipinski definition) is 2. The molecule has 25 heavy (non-hydrogen) atoms. The third-order valence-corrected chi connectivity index (χ3v) is 3.22. The van der Waals surface area contributed by atoms with Gasteiger partial charge >= 0.3 is 12.1 Å². The average molecular weight is 369 g/mol. The van der Waals surface area contributed by atoms with Crippen LogP contribution < -0.4 is 10.6 Å². The van der Waals surface area contributed by atoms with Gasteiger partial charge in [-0.1, -0.05) is 23.7 Å². The molecule has 0 saturated heterocycles. The Bertz CT molecular complexity index is 785. The molecule has 0 aliphatic rings. The zero-order valence-corrected chi connectivity index (χ0v) is 13.4. The van der Waals surface area contributed by atoms with Gasteiger partial charge in [-0.3, -0.25) is 9.59 Å². The normalized spacial score (nSPS) is 11.4. The Hall–Kier alpha value is -2.80. The summed E-state index contributed by atoms with van der Waals surface area (Å²) in [5.41, 5.74) is 1.12. The minimum absolute atomic E-state index is 0.0305. The zero-order chi connectivity index (χ0) is 18.4. The van der Waals surface area contributed by atoms with Gasteiger partial charge in [-0.15, -0.1) is 0 Å².